The topological polar surface area (TPSA) is 96.0 Å². The molecule has 0 aliphatic heterocycles. The SMILES string of the molecule is CCC(C)(C#N)NC(=O)c1cccc([N+](=O)[O-])c1Cl. The minimum absolute atomic E-state index is 0.0224. The van der Waals surface area contributed by atoms with E-state index in [9.17, 15) is 14.9 Å². The van der Waals surface area contributed by atoms with Gasteiger partial charge in [-0.15, -0.1) is 0 Å². The van der Waals surface area contributed by atoms with Crippen molar-refractivity contribution in [3.05, 3.63) is 38.9 Å². The Kier molecular flexibility index (Phi) is 4.46. The van der Waals surface area contributed by atoms with Gasteiger partial charge < -0.3 is 5.32 Å². The van der Waals surface area contributed by atoms with Crippen molar-refractivity contribution in [3.8, 4) is 6.07 Å². The summed E-state index contributed by atoms with van der Waals surface area (Å²) in [6.45, 7) is 3.31. The Bertz CT molecular complexity index is 568. The third-order valence-electron chi connectivity index (χ3n) is 2.76. The van der Waals surface area contributed by atoms with Crippen LogP contribution in [0.2, 0.25) is 5.02 Å². The molecular formula is C12H12ClN3O3. The molecule has 1 amide bonds. The number of nitro groups is 1. The highest BCUT2D eigenvalue weighted by molar-refractivity contribution is 6.35. The van der Waals surface area contributed by atoms with E-state index in [0.717, 1.165) is 0 Å². The Morgan fingerprint density at radius 2 is 2.26 bits per heavy atom. The number of nitrogens with zero attached hydrogens (tertiary/aromatic N) is 2. The number of nitrogens with one attached hydrogen (secondary N) is 1. The van der Waals surface area contributed by atoms with E-state index in [0.29, 0.717) is 6.42 Å². The van der Waals surface area contributed by atoms with Gasteiger partial charge >= 0.3 is 0 Å². The summed E-state index contributed by atoms with van der Waals surface area (Å²) in [6.07, 6.45) is 0.405. The highest BCUT2D eigenvalue weighted by Crippen LogP contribution is 2.28. The lowest BCUT2D eigenvalue weighted by Crippen LogP contribution is -2.44. The lowest BCUT2D eigenvalue weighted by molar-refractivity contribution is -0.384. The summed E-state index contributed by atoms with van der Waals surface area (Å²) in [5.74, 6) is -0.611. The van der Waals surface area contributed by atoms with E-state index >= 15 is 0 Å². The fraction of sp³-hybridized carbons (Fsp3) is 0.333. The molecule has 0 aliphatic carbocycles. The first-order valence-electron chi connectivity index (χ1n) is 5.51. The summed E-state index contributed by atoms with van der Waals surface area (Å²) in [6, 6.07) is 5.93. The molecule has 19 heavy (non-hydrogen) atoms. The normalized spacial score (nSPS) is 13.2. The maximum Gasteiger partial charge on any atom is 0.288 e. The van der Waals surface area contributed by atoms with Crippen LogP contribution < -0.4 is 5.32 Å². The molecule has 0 bridgehead atoms. The molecule has 0 fully saturated rings. The van der Waals surface area contributed by atoms with Crippen molar-refractivity contribution in [3.63, 3.8) is 0 Å². The molecule has 1 N–H and O–H groups in total. The predicted molar refractivity (Wildman–Crippen MR) is 69.9 cm³/mol. The number of hydrogen-bond acceptors (Lipinski definition) is 4. The molecule has 100 valence electrons. The zero-order valence-electron chi connectivity index (χ0n) is 10.4. The van der Waals surface area contributed by atoms with Crippen molar-refractivity contribution < 1.29 is 9.72 Å². The number of benzene rings is 1. The third kappa shape index (κ3) is 3.20. The highest BCUT2D eigenvalue weighted by atomic mass is 35.5. The second-order valence-electron chi connectivity index (χ2n) is 4.15. The van der Waals surface area contributed by atoms with Crippen LogP contribution in [0.25, 0.3) is 0 Å². The van der Waals surface area contributed by atoms with Crippen molar-refractivity contribution in [1.82, 2.24) is 5.32 Å². The number of carbonyl (C=O) groups is 1. The fourth-order valence-corrected chi connectivity index (χ4v) is 1.63. The molecule has 1 aromatic carbocycles. The number of hydrogen-bond donors (Lipinski definition) is 1. The molecule has 0 spiro atoms. The Labute approximate surface area is 115 Å². The Balaban J connectivity index is 3.12. The molecule has 1 unspecified atom stereocenters. The van der Waals surface area contributed by atoms with Gasteiger partial charge in [-0.2, -0.15) is 5.26 Å². The van der Waals surface area contributed by atoms with Crippen molar-refractivity contribution in [2.45, 2.75) is 25.8 Å². The molecule has 0 heterocycles. The van der Waals surface area contributed by atoms with E-state index in [-0.39, 0.29) is 16.3 Å². The largest absolute Gasteiger partial charge is 0.334 e. The molecular weight excluding hydrogens is 270 g/mol. The third-order valence-corrected chi connectivity index (χ3v) is 3.16. The highest BCUT2D eigenvalue weighted by Gasteiger charge is 2.27. The molecule has 0 saturated heterocycles. The molecule has 1 atom stereocenters. The number of amides is 1. The lowest BCUT2D eigenvalue weighted by atomic mass is 10.0. The van der Waals surface area contributed by atoms with Crippen LogP contribution in [-0.4, -0.2) is 16.4 Å². The smallest absolute Gasteiger partial charge is 0.288 e. The standard InChI is InChI=1S/C12H12ClN3O3/c1-3-12(2,7-14)15-11(17)8-5-4-6-9(10(8)13)16(18)19/h4-6H,3H2,1-2H3,(H,15,17). The van der Waals surface area contributed by atoms with Crippen LogP contribution in [0.3, 0.4) is 0 Å². The Morgan fingerprint density at radius 3 is 2.74 bits per heavy atom. The van der Waals surface area contributed by atoms with Gasteiger partial charge in [0, 0.05) is 6.07 Å². The predicted octanol–water partition coefficient (Wildman–Crippen LogP) is 2.67. The summed E-state index contributed by atoms with van der Waals surface area (Å²) in [5.41, 5.74) is -1.40. The second kappa shape index (κ2) is 5.67. The summed E-state index contributed by atoms with van der Waals surface area (Å²) in [5, 5.41) is 22.0. The average Bonchev–Trinajstić information content (AvgIpc) is 2.38. The van der Waals surface area contributed by atoms with Crippen LogP contribution in [0.1, 0.15) is 30.6 Å². The van der Waals surface area contributed by atoms with Crippen molar-refractivity contribution in [2.24, 2.45) is 0 Å². The minimum atomic E-state index is -1.04. The molecule has 0 radical (unpaired) electrons. The van der Waals surface area contributed by atoms with Gasteiger partial charge in [0.25, 0.3) is 11.6 Å². The first-order chi connectivity index (χ1) is 8.84. The number of rotatable bonds is 4. The van der Waals surface area contributed by atoms with Crippen LogP contribution >= 0.6 is 11.6 Å². The van der Waals surface area contributed by atoms with E-state index in [1.54, 1.807) is 13.8 Å². The first kappa shape index (κ1) is 14.9. The van der Waals surface area contributed by atoms with E-state index in [1.165, 1.54) is 18.2 Å². The van der Waals surface area contributed by atoms with Gasteiger partial charge in [0.05, 0.1) is 16.6 Å². The maximum atomic E-state index is 12.0. The van der Waals surface area contributed by atoms with Gasteiger partial charge in [0.1, 0.15) is 10.6 Å². The molecule has 1 rings (SSSR count). The second-order valence-corrected chi connectivity index (χ2v) is 4.53. The van der Waals surface area contributed by atoms with Crippen LogP contribution in [-0.2, 0) is 0 Å². The van der Waals surface area contributed by atoms with Gasteiger partial charge in [-0.3, -0.25) is 14.9 Å². The number of nitriles is 1. The fourth-order valence-electron chi connectivity index (χ4n) is 1.35. The van der Waals surface area contributed by atoms with E-state index in [2.05, 4.69) is 5.32 Å². The quantitative estimate of drug-likeness (QED) is 0.678. The lowest BCUT2D eigenvalue weighted by Gasteiger charge is -2.21. The van der Waals surface area contributed by atoms with Crippen LogP contribution in [0, 0.1) is 21.4 Å². The number of nitro benzene ring substituents is 1. The minimum Gasteiger partial charge on any atom is -0.334 e. The van der Waals surface area contributed by atoms with Gasteiger partial charge in [0.15, 0.2) is 0 Å². The number of halogens is 1. The zero-order chi connectivity index (χ0) is 14.6. The zero-order valence-corrected chi connectivity index (χ0v) is 11.2. The van der Waals surface area contributed by atoms with Gasteiger partial charge in [-0.25, -0.2) is 0 Å². The van der Waals surface area contributed by atoms with E-state index < -0.39 is 16.4 Å². The Morgan fingerprint density at radius 1 is 1.63 bits per heavy atom. The number of carbonyl (C=O) groups excluding carboxylic acids is 1. The Hall–Kier alpha value is -2.13. The van der Waals surface area contributed by atoms with Crippen LogP contribution in [0.15, 0.2) is 18.2 Å². The summed E-state index contributed by atoms with van der Waals surface area (Å²) < 4.78 is 0. The van der Waals surface area contributed by atoms with Crippen LogP contribution in [0.5, 0.6) is 0 Å². The van der Waals surface area contributed by atoms with Gasteiger partial charge in [-0.1, -0.05) is 24.6 Å². The van der Waals surface area contributed by atoms with E-state index in [1.807, 2.05) is 6.07 Å². The van der Waals surface area contributed by atoms with E-state index in [4.69, 9.17) is 16.9 Å². The van der Waals surface area contributed by atoms with Gasteiger partial charge in [0.2, 0.25) is 0 Å². The van der Waals surface area contributed by atoms with Crippen LogP contribution in [0.4, 0.5) is 5.69 Å². The molecule has 1 aromatic rings. The van der Waals surface area contributed by atoms with Crippen molar-refractivity contribution in [1.29, 1.82) is 5.26 Å². The summed E-state index contributed by atoms with van der Waals surface area (Å²) in [4.78, 5) is 22.1. The molecule has 0 aromatic heterocycles. The maximum absolute atomic E-state index is 12.0. The summed E-state index contributed by atoms with van der Waals surface area (Å²) >= 11 is 5.83. The van der Waals surface area contributed by atoms with Crippen molar-refractivity contribution >= 4 is 23.2 Å². The van der Waals surface area contributed by atoms with Gasteiger partial charge in [-0.05, 0) is 19.4 Å². The molecule has 0 saturated carbocycles. The average molecular weight is 282 g/mol. The molecule has 7 heteroatoms. The molecule has 0 aliphatic rings. The van der Waals surface area contributed by atoms with Crippen molar-refractivity contribution in [2.75, 3.05) is 0 Å². The monoisotopic (exact) mass is 281 g/mol. The summed E-state index contributed by atoms with van der Waals surface area (Å²) in [7, 11) is 0. The molecule has 6 nitrogen and oxygen atoms in total. The first-order valence-corrected chi connectivity index (χ1v) is 5.89.